The predicted molar refractivity (Wildman–Crippen MR) is 81.0 cm³/mol. The molecule has 19 heavy (non-hydrogen) atoms. The highest BCUT2D eigenvalue weighted by atomic mass is 35.5. The molecule has 96 valence electrons. The summed E-state index contributed by atoms with van der Waals surface area (Å²) in [6, 6.07) is 19.6. The molecule has 0 amide bonds. The van der Waals surface area contributed by atoms with Crippen molar-refractivity contribution in [3.8, 4) is 0 Å². The average Bonchev–Trinajstić information content (AvgIpc) is 2.41. The summed E-state index contributed by atoms with van der Waals surface area (Å²) in [5, 5.41) is 2.08. The molecule has 2 nitrogen and oxygen atoms in total. The lowest BCUT2D eigenvalue weighted by molar-refractivity contribution is 0.766. The number of aromatic nitrogens is 1. The Kier molecular flexibility index (Phi) is 4.03. The van der Waals surface area contributed by atoms with Gasteiger partial charge in [-0.1, -0.05) is 54.6 Å². The van der Waals surface area contributed by atoms with E-state index in [1.54, 1.807) is 10.6 Å². The molecule has 0 spiro atoms. The van der Waals surface area contributed by atoms with Crippen molar-refractivity contribution in [2.45, 2.75) is 6.54 Å². The largest absolute Gasteiger partial charge is 0.310 e. The Hall–Kier alpha value is -2.06. The summed E-state index contributed by atoms with van der Waals surface area (Å²) in [5.74, 6) is 0. The second kappa shape index (κ2) is 5.72. The fourth-order valence-electron chi connectivity index (χ4n) is 2.11. The molecule has 0 aliphatic carbocycles. The van der Waals surface area contributed by atoms with E-state index in [0.717, 1.165) is 16.3 Å². The Morgan fingerprint density at radius 2 is 1.47 bits per heavy atom. The maximum Gasteiger partial charge on any atom is 0.251 e. The number of hydrogen-bond acceptors (Lipinski definition) is 1. The average molecular weight is 272 g/mol. The highest BCUT2D eigenvalue weighted by Crippen LogP contribution is 2.11. The number of pyridine rings is 1. The third-order valence-electron chi connectivity index (χ3n) is 3.05. The van der Waals surface area contributed by atoms with Crippen molar-refractivity contribution in [1.29, 1.82) is 0 Å². The number of nitrogens with zero attached hydrogens (tertiary/aromatic N) is 1. The number of fused-ring (bicyclic) bond motifs is 1. The van der Waals surface area contributed by atoms with Gasteiger partial charge in [0, 0.05) is 12.3 Å². The summed E-state index contributed by atoms with van der Waals surface area (Å²) >= 11 is 0. The SMILES string of the molecule is Cl.O=c1cc2ccccc2cn1Cc1ccccc1. The van der Waals surface area contributed by atoms with E-state index < -0.39 is 0 Å². The van der Waals surface area contributed by atoms with E-state index >= 15 is 0 Å². The van der Waals surface area contributed by atoms with Gasteiger partial charge in [-0.25, -0.2) is 0 Å². The second-order valence-electron chi connectivity index (χ2n) is 4.35. The monoisotopic (exact) mass is 271 g/mol. The molecule has 0 aliphatic rings. The van der Waals surface area contributed by atoms with Gasteiger partial charge in [-0.15, -0.1) is 12.4 Å². The molecule has 0 aliphatic heterocycles. The summed E-state index contributed by atoms with van der Waals surface area (Å²) in [5.41, 5.74) is 1.17. The quantitative estimate of drug-likeness (QED) is 0.699. The smallest absolute Gasteiger partial charge is 0.251 e. The van der Waals surface area contributed by atoms with E-state index in [2.05, 4.69) is 0 Å². The van der Waals surface area contributed by atoms with Crippen LogP contribution in [0.25, 0.3) is 10.8 Å². The minimum Gasteiger partial charge on any atom is -0.310 e. The van der Waals surface area contributed by atoms with Gasteiger partial charge in [0.05, 0.1) is 6.54 Å². The predicted octanol–water partition coefficient (Wildman–Crippen LogP) is 3.47. The lowest BCUT2D eigenvalue weighted by Crippen LogP contribution is -2.18. The van der Waals surface area contributed by atoms with Crippen molar-refractivity contribution in [3.05, 3.63) is 82.8 Å². The zero-order chi connectivity index (χ0) is 12.4. The van der Waals surface area contributed by atoms with Crippen LogP contribution in [0.4, 0.5) is 0 Å². The molecule has 0 radical (unpaired) electrons. The molecule has 3 rings (SSSR count). The summed E-state index contributed by atoms with van der Waals surface area (Å²) in [7, 11) is 0. The topological polar surface area (TPSA) is 22.0 Å². The molecule has 0 bridgehead atoms. The molecule has 0 fully saturated rings. The summed E-state index contributed by atoms with van der Waals surface area (Å²) < 4.78 is 1.75. The van der Waals surface area contributed by atoms with Crippen LogP contribution in [-0.4, -0.2) is 4.57 Å². The molecular weight excluding hydrogens is 258 g/mol. The van der Waals surface area contributed by atoms with Crippen molar-refractivity contribution in [1.82, 2.24) is 4.57 Å². The summed E-state index contributed by atoms with van der Waals surface area (Å²) in [6.45, 7) is 0.616. The van der Waals surface area contributed by atoms with E-state index in [-0.39, 0.29) is 18.0 Å². The zero-order valence-corrected chi connectivity index (χ0v) is 11.1. The van der Waals surface area contributed by atoms with Crippen LogP contribution in [0.1, 0.15) is 5.56 Å². The van der Waals surface area contributed by atoms with Gasteiger partial charge in [-0.05, 0) is 16.3 Å². The highest BCUT2D eigenvalue weighted by Gasteiger charge is 2.00. The van der Waals surface area contributed by atoms with Gasteiger partial charge >= 0.3 is 0 Å². The van der Waals surface area contributed by atoms with E-state index in [1.807, 2.05) is 60.8 Å². The molecule has 1 aromatic heterocycles. The van der Waals surface area contributed by atoms with Crippen LogP contribution in [0.5, 0.6) is 0 Å². The van der Waals surface area contributed by atoms with Crippen molar-refractivity contribution in [3.63, 3.8) is 0 Å². The number of rotatable bonds is 2. The highest BCUT2D eigenvalue weighted by molar-refractivity contribution is 5.85. The van der Waals surface area contributed by atoms with Gasteiger partial charge < -0.3 is 4.57 Å². The van der Waals surface area contributed by atoms with Crippen LogP contribution < -0.4 is 5.56 Å². The molecule has 0 unspecified atom stereocenters. The number of hydrogen-bond donors (Lipinski definition) is 0. The Morgan fingerprint density at radius 1 is 0.842 bits per heavy atom. The maximum absolute atomic E-state index is 12.0. The Morgan fingerprint density at radius 3 is 2.21 bits per heavy atom. The molecular formula is C16H14ClNO. The molecule has 0 N–H and O–H groups in total. The van der Waals surface area contributed by atoms with E-state index in [4.69, 9.17) is 0 Å². The number of benzene rings is 2. The van der Waals surface area contributed by atoms with Crippen LogP contribution in [0.15, 0.2) is 71.7 Å². The standard InChI is InChI=1S/C16H13NO.ClH/c18-16-10-14-8-4-5-9-15(14)12-17(16)11-13-6-2-1-3-7-13;/h1-10,12H,11H2;1H. The lowest BCUT2D eigenvalue weighted by atomic mass is 10.1. The second-order valence-corrected chi connectivity index (χ2v) is 4.35. The lowest BCUT2D eigenvalue weighted by Gasteiger charge is -2.07. The third-order valence-corrected chi connectivity index (χ3v) is 3.05. The minimum atomic E-state index is 0. The fourth-order valence-corrected chi connectivity index (χ4v) is 2.11. The van der Waals surface area contributed by atoms with Crippen molar-refractivity contribution >= 4 is 23.2 Å². The normalized spacial score (nSPS) is 10.1. The van der Waals surface area contributed by atoms with Gasteiger partial charge in [-0.3, -0.25) is 4.79 Å². The van der Waals surface area contributed by atoms with Gasteiger partial charge in [0.15, 0.2) is 0 Å². The van der Waals surface area contributed by atoms with Crippen LogP contribution in [0.2, 0.25) is 0 Å². The van der Waals surface area contributed by atoms with Crippen LogP contribution in [-0.2, 0) is 6.54 Å². The van der Waals surface area contributed by atoms with E-state index in [0.29, 0.717) is 6.54 Å². The number of halogens is 1. The van der Waals surface area contributed by atoms with Crippen molar-refractivity contribution < 1.29 is 0 Å². The first-order valence-electron chi connectivity index (χ1n) is 5.96. The molecule has 1 heterocycles. The molecule has 0 atom stereocenters. The third kappa shape index (κ3) is 2.85. The van der Waals surface area contributed by atoms with Gasteiger partial charge in [0.25, 0.3) is 5.56 Å². The molecule has 2 aromatic carbocycles. The fraction of sp³-hybridized carbons (Fsp3) is 0.0625. The van der Waals surface area contributed by atoms with E-state index in [9.17, 15) is 4.79 Å². The summed E-state index contributed by atoms with van der Waals surface area (Å²) in [4.78, 5) is 12.0. The molecule has 0 saturated carbocycles. The van der Waals surface area contributed by atoms with Crippen LogP contribution >= 0.6 is 12.4 Å². The first-order valence-corrected chi connectivity index (χ1v) is 5.96. The van der Waals surface area contributed by atoms with Gasteiger partial charge in [0.2, 0.25) is 0 Å². The first-order chi connectivity index (χ1) is 8.83. The van der Waals surface area contributed by atoms with Gasteiger partial charge in [0.1, 0.15) is 0 Å². The maximum atomic E-state index is 12.0. The van der Waals surface area contributed by atoms with Crippen LogP contribution in [0, 0.1) is 0 Å². The molecule has 3 heteroatoms. The van der Waals surface area contributed by atoms with E-state index in [1.165, 1.54) is 0 Å². The summed E-state index contributed by atoms with van der Waals surface area (Å²) in [6.07, 6.45) is 1.92. The molecule has 3 aromatic rings. The Labute approximate surface area is 117 Å². The first kappa shape index (κ1) is 13.4. The Bertz CT molecular complexity index is 734. The zero-order valence-electron chi connectivity index (χ0n) is 10.3. The minimum absolute atomic E-state index is 0. The Balaban J connectivity index is 0.00000133. The van der Waals surface area contributed by atoms with Crippen molar-refractivity contribution in [2.75, 3.05) is 0 Å². The van der Waals surface area contributed by atoms with Crippen LogP contribution in [0.3, 0.4) is 0 Å². The van der Waals surface area contributed by atoms with Gasteiger partial charge in [-0.2, -0.15) is 0 Å². The van der Waals surface area contributed by atoms with Crippen molar-refractivity contribution in [2.24, 2.45) is 0 Å². The molecule has 0 saturated heterocycles.